The van der Waals surface area contributed by atoms with Crippen LogP contribution < -0.4 is 10.1 Å². The van der Waals surface area contributed by atoms with Crippen molar-refractivity contribution >= 4 is 22.4 Å². The fourth-order valence-electron chi connectivity index (χ4n) is 3.13. The fourth-order valence-corrected chi connectivity index (χ4v) is 4.12. The van der Waals surface area contributed by atoms with Crippen LogP contribution in [-0.2, 0) is 24.7 Å². The van der Waals surface area contributed by atoms with Gasteiger partial charge in [0.05, 0.1) is 18.5 Å². The lowest BCUT2D eigenvalue weighted by atomic mass is 10.0. The van der Waals surface area contributed by atoms with Gasteiger partial charge in [-0.3, -0.25) is 9.48 Å². The van der Waals surface area contributed by atoms with Gasteiger partial charge >= 0.3 is 0 Å². The third kappa shape index (κ3) is 3.71. The Morgan fingerprint density at radius 2 is 2.22 bits per heavy atom. The lowest BCUT2D eigenvalue weighted by molar-refractivity contribution is -0.116. The molecular weight excluding hydrogens is 367 g/mol. The highest BCUT2D eigenvalue weighted by Gasteiger charge is 2.24. The summed E-state index contributed by atoms with van der Waals surface area (Å²) >= 11 is 1.51. The number of hydrogen-bond donors (Lipinski definition) is 1. The van der Waals surface area contributed by atoms with Crippen LogP contribution in [0.5, 0.6) is 5.75 Å². The lowest BCUT2D eigenvalue weighted by Crippen LogP contribution is -2.12. The molecule has 1 aliphatic carbocycles. The maximum absolute atomic E-state index is 13.5. The molecule has 1 aliphatic rings. The van der Waals surface area contributed by atoms with E-state index in [1.165, 1.54) is 28.0 Å². The third-order valence-corrected chi connectivity index (χ3v) is 5.52. The number of nitrogens with zero attached hydrogens (tertiary/aromatic N) is 3. The first-order valence-electron chi connectivity index (χ1n) is 8.80. The Hall–Kier alpha value is -2.74. The molecule has 0 atom stereocenters. The van der Waals surface area contributed by atoms with Crippen molar-refractivity contribution in [2.24, 2.45) is 7.05 Å². The van der Waals surface area contributed by atoms with Crippen LogP contribution in [0, 0.1) is 5.82 Å². The van der Waals surface area contributed by atoms with Gasteiger partial charge in [-0.05, 0) is 31.4 Å². The van der Waals surface area contributed by atoms with E-state index in [0.29, 0.717) is 11.6 Å². The zero-order valence-corrected chi connectivity index (χ0v) is 15.7. The number of aryl methyl sites for hydroxylation is 2. The lowest BCUT2D eigenvalue weighted by Gasteiger charge is -2.10. The number of nitrogens with one attached hydrogen (secondary N) is 1. The Morgan fingerprint density at radius 3 is 3.07 bits per heavy atom. The van der Waals surface area contributed by atoms with Crippen molar-refractivity contribution in [3.63, 3.8) is 0 Å². The van der Waals surface area contributed by atoms with Gasteiger partial charge in [0.15, 0.2) is 16.7 Å². The summed E-state index contributed by atoms with van der Waals surface area (Å²) in [5, 5.41) is 7.77. The number of anilines is 1. The molecule has 8 heteroatoms. The maximum atomic E-state index is 13.5. The molecule has 1 aromatic carbocycles. The predicted octanol–water partition coefficient (Wildman–Crippen LogP) is 3.58. The van der Waals surface area contributed by atoms with Gasteiger partial charge in [-0.15, -0.1) is 11.3 Å². The molecule has 6 nitrogen and oxygen atoms in total. The summed E-state index contributed by atoms with van der Waals surface area (Å²) in [6.45, 7) is 0.280. The number of fused-ring (bicyclic) bond motifs is 3. The van der Waals surface area contributed by atoms with E-state index in [1.54, 1.807) is 18.2 Å². The number of rotatable bonds is 6. The van der Waals surface area contributed by atoms with Crippen molar-refractivity contribution in [3.05, 3.63) is 46.9 Å². The number of hydrogen-bond acceptors (Lipinski definition) is 5. The fraction of sp³-hybridized carbons (Fsp3) is 0.316. The Kier molecular flexibility index (Phi) is 4.89. The highest BCUT2D eigenvalue weighted by Crippen LogP contribution is 2.37. The molecule has 0 radical (unpaired) electrons. The van der Waals surface area contributed by atoms with E-state index in [2.05, 4.69) is 15.4 Å². The van der Waals surface area contributed by atoms with Crippen LogP contribution in [0.4, 0.5) is 9.52 Å². The first kappa shape index (κ1) is 17.7. The van der Waals surface area contributed by atoms with Gasteiger partial charge in [-0.1, -0.05) is 12.1 Å². The molecule has 0 bridgehead atoms. The van der Waals surface area contributed by atoms with Crippen LogP contribution in [-0.4, -0.2) is 27.3 Å². The van der Waals surface area contributed by atoms with Gasteiger partial charge in [0, 0.05) is 29.6 Å². The van der Waals surface area contributed by atoms with Gasteiger partial charge in [0.2, 0.25) is 5.91 Å². The van der Waals surface area contributed by atoms with Crippen molar-refractivity contribution in [2.75, 3.05) is 11.9 Å². The number of amides is 1. The average molecular weight is 386 g/mol. The van der Waals surface area contributed by atoms with Crippen LogP contribution in [0.3, 0.4) is 0 Å². The molecule has 2 aromatic heterocycles. The molecule has 4 rings (SSSR count). The van der Waals surface area contributed by atoms with E-state index in [9.17, 15) is 9.18 Å². The van der Waals surface area contributed by atoms with E-state index >= 15 is 0 Å². The summed E-state index contributed by atoms with van der Waals surface area (Å²) in [5.74, 6) is -0.312. The standard InChI is InChI=1S/C19H19FN4O2S/c1-24-14-8-9-16-18(12(14)11-21-24)23-19(27-16)22-17(25)7-4-10-26-15-6-3-2-5-13(15)20/h2-3,5-6,11H,4,7-10H2,1H3,(H,22,23,25). The van der Waals surface area contributed by atoms with Crippen molar-refractivity contribution in [1.82, 2.24) is 14.8 Å². The molecule has 0 saturated heterocycles. The van der Waals surface area contributed by atoms with Crippen molar-refractivity contribution in [3.8, 4) is 17.0 Å². The molecule has 0 fully saturated rings. The van der Waals surface area contributed by atoms with Crippen molar-refractivity contribution in [1.29, 1.82) is 0 Å². The number of carbonyl (C=O) groups excluding carboxylic acids is 1. The van der Waals surface area contributed by atoms with Crippen LogP contribution in [0.2, 0.25) is 0 Å². The van der Waals surface area contributed by atoms with Gasteiger partial charge < -0.3 is 10.1 Å². The molecule has 2 heterocycles. The van der Waals surface area contributed by atoms with Gasteiger partial charge in [0.25, 0.3) is 0 Å². The van der Waals surface area contributed by atoms with E-state index in [1.807, 2.05) is 17.9 Å². The van der Waals surface area contributed by atoms with Gasteiger partial charge in [-0.2, -0.15) is 5.10 Å². The number of para-hydroxylation sites is 1. The van der Waals surface area contributed by atoms with Crippen LogP contribution in [0.15, 0.2) is 30.5 Å². The Labute approximate surface area is 160 Å². The number of halogens is 1. The first-order chi connectivity index (χ1) is 13.1. The predicted molar refractivity (Wildman–Crippen MR) is 101 cm³/mol. The minimum Gasteiger partial charge on any atom is -0.491 e. The summed E-state index contributed by atoms with van der Waals surface area (Å²) in [6.07, 6.45) is 4.46. The second-order valence-corrected chi connectivity index (χ2v) is 7.43. The Morgan fingerprint density at radius 1 is 1.37 bits per heavy atom. The molecule has 27 heavy (non-hydrogen) atoms. The van der Waals surface area contributed by atoms with Gasteiger partial charge in [0.1, 0.15) is 0 Å². The molecule has 1 amide bonds. The van der Waals surface area contributed by atoms with E-state index in [-0.39, 0.29) is 24.7 Å². The molecular formula is C19H19FN4O2S. The largest absolute Gasteiger partial charge is 0.491 e. The summed E-state index contributed by atoms with van der Waals surface area (Å²) in [7, 11) is 1.93. The molecule has 0 aliphatic heterocycles. The summed E-state index contributed by atoms with van der Waals surface area (Å²) in [5.41, 5.74) is 3.15. The van der Waals surface area contributed by atoms with Crippen LogP contribution >= 0.6 is 11.3 Å². The number of thiazole rings is 1. The average Bonchev–Trinajstić information content (AvgIpc) is 3.23. The highest BCUT2D eigenvalue weighted by molar-refractivity contribution is 7.16. The number of carbonyl (C=O) groups is 1. The van der Waals surface area contributed by atoms with E-state index in [4.69, 9.17) is 4.74 Å². The second-order valence-electron chi connectivity index (χ2n) is 6.35. The second kappa shape index (κ2) is 7.48. The summed E-state index contributed by atoms with van der Waals surface area (Å²) in [4.78, 5) is 17.9. The highest BCUT2D eigenvalue weighted by atomic mass is 32.1. The summed E-state index contributed by atoms with van der Waals surface area (Å²) in [6, 6.07) is 6.24. The third-order valence-electron chi connectivity index (χ3n) is 4.49. The Bertz CT molecular complexity index is 982. The maximum Gasteiger partial charge on any atom is 0.226 e. The molecule has 0 spiro atoms. The molecule has 0 saturated carbocycles. The molecule has 0 unspecified atom stereocenters. The smallest absolute Gasteiger partial charge is 0.226 e. The van der Waals surface area contributed by atoms with Gasteiger partial charge in [-0.25, -0.2) is 9.37 Å². The minimum absolute atomic E-state index is 0.121. The molecule has 1 N–H and O–H groups in total. The number of benzene rings is 1. The topological polar surface area (TPSA) is 69.0 Å². The van der Waals surface area contributed by atoms with E-state index in [0.717, 1.165) is 24.1 Å². The first-order valence-corrected chi connectivity index (χ1v) is 9.61. The number of ether oxygens (including phenoxy) is 1. The van der Waals surface area contributed by atoms with E-state index < -0.39 is 5.82 Å². The molecule has 140 valence electrons. The summed E-state index contributed by atoms with van der Waals surface area (Å²) < 4.78 is 20.7. The number of aromatic nitrogens is 3. The van der Waals surface area contributed by atoms with Crippen molar-refractivity contribution < 1.29 is 13.9 Å². The zero-order chi connectivity index (χ0) is 18.8. The normalized spacial score (nSPS) is 12.4. The van der Waals surface area contributed by atoms with Crippen LogP contribution in [0.1, 0.15) is 23.4 Å². The van der Waals surface area contributed by atoms with Crippen molar-refractivity contribution in [2.45, 2.75) is 25.7 Å². The zero-order valence-electron chi connectivity index (χ0n) is 14.9. The SMILES string of the molecule is Cn1ncc2c1CCc1sc(NC(=O)CCCOc3ccccc3F)nc1-2. The minimum atomic E-state index is -0.398. The molecule has 3 aromatic rings. The van der Waals surface area contributed by atoms with Crippen LogP contribution in [0.25, 0.3) is 11.3 Å². The monoisotopic (exact) mass is 386 g/mol. The Balaban J connectivity index is 1.31. The quantitative estimate of drug-likeness (QED) is 0.658.